The summed E-state index contributed by atoms with van der Waals surface area (Å²) in [6.07, 6.45) is 0.462. The van der Waals surface area contributed by atoms with Crippen LogP contribution in [0.2, 0.25) is 0 Å². The molecule has 1 N–H and O–H groups in total. The lowest BCUT2D eigenvalue weighted by molar-refractivity contribution is -0.132. The lowest BCUT2D eigenvalue weighted by Gasteiger charge is -2.34. The number of carbonyl (C=O) groups excluding carboxylic acids is 2. The van der Waals surface area contributed by atoms with Gasteiger partial charge in [-0.3, -0.25) is 14.5 Å². The normalized spacial score (nSPS) is 14.9. The number of benzene rings is 1. The van der Waals surface area contributed by atoms with Gasteiger partial charge in [-0.25, -0.2) is 0 Å². The molecule has 0 spiro atoms. The summed E-state index contributed by atoms with van der Waals surface area (Å²) in [5.74, 6) is 0.187. The van der Waals surface area contributed by atoms with Crippen molar-refractivity contribution in [3.05, 3.63) is 52.2 Å². The Labute approximate surface area is 181 Å². The van der Waals surface area contributed by atoms with Gasteiger partial charge in [0, 0.05) is 49.4 Å². The van der Waals surface area contributed by atoms with E-state index < -0.39 is 0 Å². The van der Waals surface area contributed by atoms with Crippen LogP contribution >= 0.6 is 23.1 Å². The van der Waals surface area contributed by atoms with Gasteiger partial charge in [0.15, 0.2) is 0 Å². The van der Waals surface area contributed by atoms with Crippen molar-refractivity contribution >= 4 is 34.9 Å². The molecular formula is C22H29N3O2S2. The molecule has 2 heterocycles. The van der Waals surface area contributed by atoms with Gasteiger partial charge in [-0.15, -0.1) is 23.1 Å². The topological polar surface area (TPSA) is 52.7 Å². The van der Waals surface area contributed by atoms with E-state index in [1.165, 1.54) is 16.2 Å². The summed E-state index contributed by atoms with van der Waals surface area (Å²) in [6.45, 7) is 9.01. The van der Waals surface area contributed by atoms with Gasteiger partial charge in [-0.05, 0) is 29.1 Å². The van der Waals surface area contributed by atoms with Crippen molar-refractivity contribution in [1.82, 2.24) is 15.1 Å². The van der Waals surface area contributed by atoms with Crippen LogP contribution in [0.5, 0.6) is 0 Å². The van der Waals surface area contributed by atoms with Crippen LogP contribution in [0, 0.1) is 0 Å². The second-order valence-electron chi connectivity index (χ2n) is 7.44. The average molecular weight is 432 g/mol. The number of nitrogens with zero attached hydrogens (tertiary/aromatic N) is 2. The Morgan fingerprint density at radius 1 is 1.10 bits per heavy atom. The van der Waals surface area contributed by atoms with E-state index in [4.69, 9.17) is 0 Å². The van der Waals surface area contributed by atoms with E-state index in [0.29, 0.717) is 18.2 Å². The van der Waals surface area contributed by atoms with Crippen molar-refractivity contribution in [2.24, 2.45) is 0 Å². The minimum absolute atomic E-state index is 0.00775. The molecule has 0 saturated carbocycles. The minimum atomic E-state index is -0.00775. The van der Waals surface area contributed by atoms with Gasteiger partial charge < -0.3 is 10.2 Å². The fraction of sp³-hybridized carbons (Fsp3) is 0.455. The maximum absolute atomic E-state index is 12.6. The molecule has 1 aromatic carbocycles. The second-order valence-corrected chi connectivity index (χ2v) is 10.0. The third-order valence-corrected chi connectivity index (χ3v) is 6.72. The number of thioether (sulfide) groups is 1. The van der Waals surface area contributed by atoms with E-state index in [-0.39, 0.29) is 11.8 Å². The van der Waals surface area contributed by atoms with Crippen molar-refractivity contribution < 1.29 is 9.59 Å². The number of thiophene rings is 1. The molecule has 5 nitrogen and oxygen atoms in total. The number of hydrogen-bond acceptors (Lipinski definition) is 5. The van der Waals surface area contributed by atoms with Gasteiger partial charge >= 0.3 is 0 Å². The van der Waals surface area contributed by atoms with Gasteiger partial charge in [0.25, 0.3) is 5.91 Å². The highest BCUT2D eigenvalue weighted by Crippen LogP contribution is 2.23. The Morgan fingerprint density at radius 3 is 2.45 bits per heavy atom. The predicted molar refractivity (Wildman–Crippen MR) is 121 cm³/mol. The average Bonchev–Trinajstić information content (AvgIpc) is 3.24. The molecule has 0 radical (unpaired) electrons. The molecule has 0 unspecified atom stereocenters. The minimum Gasteiger partial charge on any atom is -0.350 e. The Kier molecular flexibility index (Phi) is 8.15. The van der Waals surface area contributed by atoms with Crippen molar-refractivity contribution in [2.45, 2.75) is 30.4 Å². The van der Waals surface area contributed by atoms with E-state index in [0.717, 1.165) is 43.2 Å². The fourth-order valence-electron chi connectivity index (χ4n) is 3.29. The van der Waals surface area contributed by atoms with Gasteiger partial charge in [0.2, 0.25) is 5.91 Å². The van der Waals surface area contributed by atoms with Crippen molar-refractivity contribution in [1.29, 1.82) is 0 Å². The molecule has 29 heavy (non-hydrogen) atoms. The lowest BCUT2D eigenvalue weighted by Crippen LogP contribution is -2.50. The van der Waals surface area contributed by atoms with Crippen LogP contribution in [0.1, 0.15) is 29.1 Å². The first-order valence-corrected chi connectivity index (χ1v) is 11.8. The zero-order valence-electron chi connectivity index (χ0n) is 17.1. The highest BCUT2D eigenvalue weighted by Gasteiger charge is 2.21. The molecule has 7 heteroatoms. The van der Waals surface area contributed by atoms with Crippen molar-refractivity contribution in [3.63, 3.8) is 0 Å². The number of rotatable bonds is 8. The number of carbonyl (C=O) groups is 2. The Bertz CT molecular complexity index is 783. The molecule has 1 saturated heterocycles. The predicted octanol–water partition coefficient (Wildman–Crippen LogP) is 3.37. The van der Waals surface area contributed by atoms with Gasteiger partial charge in [0.1, 0.15) is 0 Å². The van der Waals surface area contributed by atoms with Crippen LogP contribution in [0.15, 0.2) is 46.7 Å². The highest BCUT2D eigenvalue weighted by molar-refractivity contribution is 7.99. The van der Waals surface area contributed by atoms with Crippen LogP contribution in [-0.2, 0) is 11.2 Å². The maximum atomic E-state index is 12.6. The lowest BCUT2D eigenvalue weighted by atomic mass is 10.1. The molecule has 1 fully saturated rings. The maximum Gasteiger partial charge on any atom is 0.261 e. The Morgan fingerprint density at radius 2 is 1.83 bits per heavy atom. The summed E-state index contributed by atoms with van der Waals surface area (Å²) in [5, 5.41) is 5.43. The quantitative estimate of drug-likeness (QED) is 0.651. The number of nitrogens with one attached hydrogen (secondary N) is 1. The van der Waals surface area contributed by atoms with Crippen LogP contribution in [0.4, 0.5) is 0 Å². The van der Waals surface area contributed by atoms with Crippen molar-refractivity contribution in [3.8, 4) is 0 Å². The third kappa shape index (κ3) is 6.87. The molecule has 2 amide bonds. The molecule has 1 aliphatic heterocycles. The molecule has 3 rings (SSSR count). The van der Waals surface area contributed by atoms with Gasteiger partial charge in [-0.1, -0.05) is 32.0 Å². The zero-order valence-corrected chi connectivity index (χ0v) is 18.7. The first-order chi connectivity index (χ1) is 14.0. The molecular weight excluding hydrogens is 402 g/mol. The molecule has 0 bridgehead atoms. The second kappa shape index (κ2) is 10.8. The third-order valence-electron chi connectivity index (χ3n) is 4.83. The SMILES string of the molecule is CC(C)Sc1ccc(CC(=O)N2CCN(CCNC(=O)c3cccs3)CC2)cc1. The van der Waals surface area contributed by atoms with Crippen LogP contribution < -0.4 is 5.32 Å². The van der Waals surface area contributed by atoms with E-state index in [1.807, 2.05) is 34.2 Å². The molecule has 0 aliphatic carbocycles. The Hall–Kier alpha value is -1.83. The van der Waals surface area contributed by atoms with E-state index in [1.54, 1.807) is 0 Å². The largest absolute Gasteiger partial charge is 0.350 e. The summed E-state index contributed by atoms with van der Waals surface area (Å²) in [4.78, 5) is 30.8. The van der Waals surface area contributed by atoms with Crippen molar-refractivity contribution in [2.75, 3.05) is 39.3 Å². The fourth-order valence-corrected chi connectivity index (χ4v) is 4.77. The summed E-state index contributed by atoms with van der Waals surface area (Å²) in [6, 6.07) is 12.1. The summed E-state index contributed by atoms with van der Waals surface area (Å²) in [5.41, 5.74) is 1.07. The molecule has 156 valence electrons. The van der Waals surface area contributed by atoms with Gasteiger partial charge in [-0.2, -0.15) is 0 Å². The molecule has 1 aromatic heterocycles. The van der Waals surface area contributed by atoms with Gasteiger partial charge in [0.05, 0.1) is 11.3 Å². The number of hydrogen-bond donors (Lipinski definition) is 1. The number of amides is 2. The summed E-state index contributed by atoms with van der Waals surface area (Å²) in [7, 11) is 0. The van der Waals surface area contributed by atoms with Crippen LogP contribution in [0.25, 0.3) is 0 Å². The van der Waals surface area contributed by atoms with E-state index in [9.17, 15) is 9.59 Å². The summed E-state index contributed by atoms with van der Waals surface area (Å²) < 4.78 is 0. The van der Waals surface area contributed by atoms with Crippen LogP contribution in [-0.4, -0.2) is 66.1 Å². The molecule has 1 aliphatic rings. The highest BCUT2D eigenvalue weighted by atomic mass is 32.2. The zero-order chi connectivity index (χ0) is 20.6. The first-order valence-electron chi connectivity index (χ1n) is 10.1. The molecule has 2 aromatic rings. The molecule has 0 atom stereocenters. The Balaban J connectivity index is 1.36. The monoisotopic (exact) mass is 431 g/mol. The first kappa shape index (κ1) is 21.9. The van der Waals surface area contributed by atoms with Crippen LogP contribution in [0.3, 0.4) is 0 Å². The van der Waals surface area contributed by atoms with E-state index >= 15 is 0 Å². The van der Waals surface area contributed by atoms with E-state index in [2.05, 4.69) is 48.3 Å². The number of piperazine rings is 1. The summed E-state index contributed by atoms with van der Waals surface area (Å²) >= 11 is 3.29. The smallest absolute Gasteiger partial charge is 0.261 e. The standard InChI is InChI=1S/C22H29N3O2S2/c1-17(2)29-19-7-5-18(6-8-19)16-21(26)25-13-11-24(12-14-25)10-9-23-22(27)20-4-3-15-28-20/h3-8,15,17H,9-14,16H2,1-2H3,(H,23,27).